The average Bonchev–Trinajstić information content (AvgIpc) is 2.67. The first kappa shape index (κ1) is 21.6. The van der Waals surface area contributed by atoms with Gasteiger partial charge >= 0.3 is 0 Å². The summed E-state index contributed by atoms with van der Waals surface area (Å²) in [5.41, 5.74) is 0. The van der Waals surface area contributed by atoms with Gasteiger partial charge in [-0.25, -0.2) is 0 Å². The molecule has 25 heavy (non-hydrogen) atoms. The molecule has 0 spiro atoms. The van der Waals surface area contributed by atoms with Crippen LogP contribution >= 0.6 is 11.8 Å². The topological polar surface area (TPSA) is 6.48 Å². The van der Waals surface area contributed by atoms with Crippen LogP contribution in [0, 0.1) is 0 Å². The van der Waals surface area contributed by atoms with E-state index in [1.54, 1.807) is 0 Å². The van der Waals surface area contributed by atoms with Gasteiger partial charge in [-0.2, -0.15) is 11.8 Å². The van der Waals surface area contributed by atoms with Crippen molar-refractivity contribution in [3.8, 4) is 0 Å². The van der Waals surface area contributed by atoms with Crippen LogP contribution in [-0.2, 0) is 0 Å². The number of likely N-dealkylation sites (tertiary alicyclic amines) is 2. The van der Waals surface area contributed by atoms with Gasteiger partial charge in [0.15, 0.2) is 0 Å². The Balaban J connectivity index is 1.23. The molecule has 0 N–H and O–H groups in total. The van der Waals surface area contributed by atoms with Gasteiger partial charge in [-0.15, -0.1) is 0 Å². The quantitative estimate of drug-likeness (QED) is 0.357. The standard InChI is InChI=1S/C22H44N2S/c1(7-15-23-17-9-5-10-18-23)3-13-21-25-22-14-4-2-8-16-24-19-11-6-12-20-24/h1-22H2. The van der Waals surface area contributed by atoms with E-state index in [9.17, 15) is 0 Å². The Bertz CT molecular complexity index is 258. The Hall–Kier alpha value is 0.270. The van der Waals surface area contributed by atoms with Crippen molar-refractivity contribution in [2.24, 2.45) is 0 Å². The van der Waals surface area contributed by atoms with Crippen LogP contribution < -0.4 is 0 Å². The summed E-state index contributed by atoms with van der Waals surface area (Å²) in [4.78, 5) is 5.37. The van der Waals surface area contributed by atoms with E-state index in [0.29, 0.717) is 0 Å². The third-order valence-electron chi connectivity index (χ3n) is 5.92. The summed E-state index contributed by atoms with van der Waals surface area (Å²) in [6, 6.07) is 0. The number of piperidine rings is 2. The zero-order chi connectivity index (χ0) is 17.4. The van der Waals surface area contributed by atoms with Gasteiger partial charge in [-0.3, -0.25) is 0 Å². The van der Waals surface area contributed by atoms with Gasteiger partial charge in [0.25, 0.3) is 0 Å². The van der Waals surface area contributed by atoms with Gasteiger partial charge in [-0.05, 0) is 102 Å². The Kier molecular flexibility index (Phi) is 13.2. The lowest BCUT2D eigenvalue weighted by molar-refractivity contribution is 0.224. The van der Waals surface area contributed by atoms with E-state index in [2.05, 4.69) is 21.6 Å². The predicted octanol–water partition coefficient (Wildman–Crippen LogP) is 5.81. The largest absolute Gasteiger partial charge is 0.303 e. The highest BCUT2D eigenvalue weighted by Crippen LogP contribution is 2.14. The molecule has 0 unspecified atom stereocenters. The van der Waals surface area contributed by atoms with Crippen LogP contribution in [-0.4, -0.2) is 60.6 Å². The summed E-state index contributed by atoms with van der Waals surface area (Å²) < 4.78 is 0. The molecule has 0 aromatic carbocycles. The second-order valence-electron chi connectivity index (χ2n) is 8.25. The van der Waals surface area contributed by atoms with Crippen LogP contribution in [0.2, 0.25) is 0 Å². The Morgan fingerprint density at radius 3 is 1.28 bits per heavy atom. The van der Waals surface area contributed by atoms with Gasteiger partial charge < -0.3 is 9.80 Å². The van der Waals surface area contributed by atoms with Crippen LogP contribution in [0.4, 0.5) is 0 Å². The van der Waals surface area contributed by atoms with Crippen molar-refractivity contribution in [1.82, 2.24) is 9.80 Å². The van der Waals surface area contributed by atoms with Crippen molar-refractivity contribution < 1.29 is 0 Å². The van der Waals surface area contributed by atoms with Crippen molar-refractivity contribution in [1.29, 1.82) is 0 Å². The van der Waals surface area contributed by atoms with Crippen LogP contribution in [0.25, 0.3) is 0 Å². The first-order chi connectivity index (χ1) is 12.4. The van der Waals surface area contributed by atoms with Gasteiger partial charge in [0.05, 0.1) is 0 Å². The summed E-state index contributed by atoms with van der Waals surface area (Å²) in [5, 5.41) is 0. The molecule has 2 saturated heterocycles. The maximum atomic E-state index is 2.68. The van der Waals surface area contributed by atoms with E-state index in [1.807, 2.05) is 0 Å². The van der Waals surface area contributed by atoms with Crippen molar-refractivity contribution in [3.05, 3.63) is 0 Å². The molecule has 2 aliphatic rings. The molecule has 2 aliphatic heterocycles. The summed E-state index contributed by atoms with van der Waals surface area (Å²) in [5.74, 6) is 2.80. The molecule has 0 bridgehead atoms. The third-order valence-corrected chi connectivity index (χ3v) is 7.08. The molecule has 0 aromatic heterocycles. The number of nitrogens with zero attached hydrogens (tertiary/aromatic N) is 2. The second-order valence-corrected chi connectivity index (χ2v) is 9.47. The molecule has 0 amide bonds. The fourth-order valence-electron chi connectivity index (χ4n) is 4.25. The minimum absolute atomic E-state index is 1.37. The molecular weight excluding hydrogens is 324 g/mol. The summed E-state index contributed by atoms with van der Waals surface area (Å²) in [6.07, 6.45) is 20.3. The minimum Gasteiger partial charge on any atom is -0.303 e. The Labute approximate surface area is 162 Å². The highest BCUT2D eigenvalue weighted by Gasteiger charge is 2.09. The lowest BCUT2D eigenvalue weighted by Gasteiger charge is -2.26. The Morgan fingerprint density at radius 1 is 0.440 bits per heavy atom. The molecule has 0 aliphatic carbocycles. The van der Waals surface area contributed by atoms with E-state index in [4.69, 9.17) is 0 Å². The maximum absolute atomic E-state index is 2.68. The third kappa shape index (κ3) is 11.6. The molecule has 148 valence electrons. The van der Waals surface area contributed by atoms with Crippen LogP contribution in [0.15, 0.2) is 0 Å². The minimum atomic E-state index is 1.37. The van der Waals surface area contributed by atoms with Crippen molar-refractivity contribution in [3.63, 3.8) is 0 Å². The fourth-order valence-corrected chi connectivity index (χ4v) is 5.27. The van der Waals surface area contributed by atoms with E-state index < -0.39 is 0 Å². The first-order valence-electron chi connectivity index (χ1n) is 11.5. The molecule has 0 atom stereocenters. The zero-order valence-corrected chi connectivity index (χ0v) is 17.7. The normalized spacial score (nSPS) is 20.2. The second kappa shape index (κ2) is 15.3. The lowest BCUT2D eigenvalue weighted by atomic mass is 10.1. The summed E-state index contributed by atoms with van der Waals surface area (Å²) in [6.45, 7) is 8.21. The molecular formula is C22H44N2S. The van der Waals surface area contributed by atoms with Crippen molar-refractivity contribution in [2.75, 3.05) is 50.8 Å². The van der Waals surface area contributed by atoms with Crippen LogP contribution in [0.1, 0.15) is 89.9 Å². The molecule has 0 radical (unpaired) electrons. The summed E-state index contributed by atoms with van der Waals surface area (Å²) in [7, 11) is 0. The van der Waals surface area contributed by atoms with Crippen molar-refractivity contribution in [2.45, 2.75) is 89.9 Å². The fraction of sp³-hybridized carbons (Fsp3) is 1.00. The SMILES string of the molecule is C(CCCN1CCCCC1)CCSCCCCCCN1CCCCC1. The molecule has 2 fully saturated rings. The van der Waals surface area contributed by atoms with Crippen LogP contribution in [0.5, 0.6) is 0 Å². The van der Waals surface area contributed by atoms with E-state index >= 15 is 0 Å². The Morgan fingerprint density at radius 2 is 0.840 bits per heavy atom. The summed E-state index contributed by atoms with van der Waals surface area (Å²) >= 11 is 2.20. The molecule has 3 heteroatoms. The number of hydrogen-bond acceptors (Lipinski definition) is 3. The van der Waals surface area contributed by atoms with Gasteiger partial charge in [0.2, 0.25) is 0 Å². The van der Waals surface area contributed by atoms with E-state index in [0.717, 1.165) is 0 Å². The van der Waals surface area contributed by atoms with Crippen molar-refractivity contribution >= 4 is 11.8 Å². The number of unbranched alkanes of at least 4 members (excludes halogenated alkanes) is 6. The molecule has 2 rings (SSSR count). The molecule has 2 heterocycles. The van der Waals surface area contributed by atoms with Gasteiger partial charge in [0.1, 0.15) is 0 Å². The highest BCUT2D eigenvalue weighted by atomic mass is 32.2. The average molecular weight is 369 g/mol. The van der Waals surface area contributed by atoms with E-state index in [1.165, 1.54) is 141 Å². The van der Waals surface area contributed by atoms with E-state index in [-0.39, 0.29) is 0 Å². The zero-order valence-electron chi connectivity index (χ0n) is 16.9. The number of thioether (sulfide) groups is 1. The highest BCUT2D eigenvalue weighted by molar-refractivity contribution is 7.99. The number of hydrogen-bond donors (Lipinski definition) is 0. The van der Waals surface area contributed by atoms with Crippen LogP contribution in [0.3, 0.4) is 0 Å². The first-order valence-corrected chi connectivity index (χ1v) is 12.6. The smallest absolute Gasteiger partial charge is 0.00187 e. The molecule has 0 aromatic rings. The maximum Gasteiger partial charge on any atom is -0.00187 e. The van der Waals surface area contributed by atoms with Gasteiger partial charge in [-0.1, -0.05) is 38.5 Å². The monoisotopic (exact) mass is 368 g/mol. The number of rotatable bonds is 14. The molecule has 2 nitrogen and oxygen atoms in total. The molecule has 0 saturated carbocycles. The lowest BCUT2D eigenvalue weighted by Crippen LogP contribution is -2.30. The van der Waals surface area contributed by atoms with Gasteiger partial charge in [0, 0.05) is 0 Å². The predicted molar refractivity (Wildman–Crippen MR) is 115 cm³/mol.